The summed E-state index contributed by atoms with van der Waals surface area (Å²) in [6, 6.07) is 8.26. The van der Waals surface area contributed by atoms with Gasteiger partial charge in [-0.05, 0) is 37.1 Å². The Hall–Kier alpha value is -3.23. The van der Waals surface area contributed by atoms with Crippen LogP contribution in [0.3, 0.4) is 0 Å². The van der Waals surface area contributed by atoms with Gasteiger partial charge in [-0.1, -0.05) is 27.7 Å². The first kappa shape index (κ1) is 39.8. The zero-order chi connectivity index (χ0) is 31.3. The Balaban J connectivity index is 0.000000608. The fourth-order valence-electron chi connectivity index (χ4n) is 3.55. The molecule has 2 N–H and O–H groups in total. The van der Waals surface area contributed by atoms with Gasteiger partial charge in [0.15, 0.2) is 0 Å². The number of hydrogen-bond donors (Lipinski definition) is 2. The summed E-state index contributed by atoms with van der Waals surface area (Å²) in [5.41, 5.74) is -0.0587. The topological polar surface area (TPSA) is 58.2 Å². The fourth-order valence-corrected chi connectivity index (χ4v) is 3.55. The van der Waals surface area contributed by atoms with Gasteiger partial charge in [0.05, 0.1) is 0 Å². The monoisotopic (exact) mass is 630 g/mol. The summed E-state index contributed by atoms with van der Waals surface area (Å²) in [5.74, 6) is -4.10. The van der Waals surface area contributed by atoms with Crippen LogP contribution in [0.25, 0.3) is 0 Å². The summed E-state index contributed by atoms with van der Waals surface area (Å²) in [6.07, 6.45) is 22.8. The predicted molar refractivity (Wildman–Crippen MR) is 159 cm³/mol. The molecular formula is C34H38F4N2O2Ti. The number of anilines is 2. The molecule has 0 saturated carbocycles. The minimum atomic E-state index is -0.876. The number of benzene rings is 2. The van der Waals surface area contributed by atoms with Crippen LogP contribution in [0, 0.1) is 59.4 Å². The van der Waals surface area contributed by atoms with Crippen molar-refractivity contribution in [2.24, 2.45) is 11.8 Å². The van der Waals surface area contributed by atoms with Crippen LogP contribution in [0.5, 0.6) is 0 Å². The molecule has 2 aliphatic carbocycles. The van der Waals surface area contributed by atoms with Crippen molar-refractivity contribution in [1.29, 1.82) is 0 Å². The van der Waals surface area contributed by atoms with E-state index < -0.39 is 23.3 Å². The van der Waals surface area contributed by atoms with Crippen LogP contribution in [0.2, 0.25) is 0 Å². The zero-order valence-corrected chi connectivity index (χ0v) is 26.6. The van der Waals surface area contributed by atoms with E-state index in [4.69, 9.17) is 0 Å². The molecule has 2 aliphatic rings. The number of nitrogens with one attached hydrogen (secondary N) is 2. The molecule has 2 aromatic carbocycles. The summed E-state index contributed by atoms with van der Waals surface area (Å²) in [7, 11) is 0. The molecule has 0 spiro atoms. The number of halogens is 4. The molecule has 0 aromatic heterocycles. The second kappa shape index (κ2) is 23.3. The quantitative estimate of drug-likeness (QED) is 0.174. The Labute approximate surface area is 268 Å². The Kier molecular flexibility index (Phi) is 21.5. The SMILES string of the molecule is CCC(CC)C(=O)Nc1ccc(F)[c-]c1F.CCC(CC)C(=O)Nc1ccc(F)[c-]c1F.[C-]1=CC=CC1.[C-]1=CC=CC1.[Ti+4]. The Bertz CT molecular complexity index is 1120. The third-order valence-electron chi connectivity index (χ3n) is 6.12. The molecule has 0 atom stereocenters. The number of hydrogen-bond acceptors (Lipinski definition) is 2. The summed E-state index contributed by atoms with van der Waals surface area (Å²) in [5, 5.41) is 4.86. The van der Waals surface area contributed by atoms with Crippen LogP contribution in [0.15, 0.2) is 60.7 Å². The number of allylic oxidation sites excluding steroid dienone is 8. The molecule has 2 aromatic rings. The van der Waals surface area contributed by atoms with Gasteiger partial charge in [-0.2, -0.15) is 12.2 Å². The van der Waals surface area contributed by atoms with Gasteiger partial charge in [0, 0.05) is 35.1 Å². The molecule has 2 amide bonds. The largest absolute Gasteiger partial charge is 4.00 e. The molecule has 43 heavy (non-hydrogen) atoms. The third kappa shape index (κ3) is 16.3. The van der Waals surface area contributed by atoms with Crippen molar-refractivity contribution in [1.82, 2.24) is 0 Å². The van der Waals surface area contributed by atoms with Gasteiger partial charge >= 0.3 is 21.7 Å². The van der Waals surface area contributed by atoms with Crippen LogP contribution < -0.4 is 10.6 Å². The fraction of sp³-hybridized carbons (Fsp3) is 0.353. The standard InChI is InChI=1S/2C12H14F2NO.2C5H5.Ti/c2*1-3-8(4-2)12(16)15-11-6-5-9(13)7-10(11)14;2*1-2-4-5-3-1;/h2*5-6,8H,3-4H2,1-2H3,(H,15,16);2*1-3H,4H2;/q4*-1;+4. The summed E-state index contributed by atoms with van der Waals surface area (Å²) in [4.78, 5) is 23.3. The van der Waals surface area contributed by atoms with Crippen LogP contribution in [-0.4, -0.2) is 11.8 Å². The molecule has 0 fully saturated rings. The summed E-state index contributed by atoms with van der Waals surface area (Å²) in [6.45, 7) is 7.56. The van der Waals surface area contributed by atoms with E-state index in [0.717, 1.165) is 25.0 Å². The smallest absolute Gasteiger partial charge is 0.376 e. The summed E-state index contributed by atoms with van der Waals surface area (Å²) < 4.78 is 51.5. The van der Waals surface area contributed by atoms with Crippen molar-refractivity contribution in [3.8, 4) is 0 Å². The molecule has 0 heterocycles. The van der Waals surface area contributed by atoms with E-state index in [9.17, 15) is 27.2 Å². The summed E-state index contributed by atoms with van der Waals surface area (Å²) >= 11 is 0. The molecule has 0 unspecified atom stereocenters. The second-order valence-electron chi connectivity index (χ2n) is 9.08. The molecule has 4 nitrogen and oxygen atoms in total. The second-order valence-corrected chi connectivity index (χ2v) is 9.08. The molecule has 4 rings (SSSR count). The Morgan fingerprint density at radius 1 is 0.674 bits per heavy atom. The first-order chi connectivity index (χ1) is 20.2. The maximum Gasteiger partial charge on any atom is 4.00 e. The van der Waals surface area contributed by atoms with Crippen LogP contribution in [-0.2, 0) is 31.3 Å². The van der Waals surface area contributed by atoms with Crippen LogP contribution in [0.1, 0.15) is 66.2 Å². The van der Waals surface area contributed by atoms with E-state index in [1.807, 2.05) is 64.1 Å². The van der Waals surface area contributed by atoms with E-state index in [2.05, 4.69) is 34.9 Å². The van der Waals surface area contributed by atoms with Crippen molar-refractivity contribution in [2.45, 2.75) is 66.2 Å². The molecular weight excluding hydrogens is 592 g/mol. The number of carbonyl (C=O) groups is 2. The molecule has 0 aliphatic heterocycles. The molecule has 228 valence electrons. The number of carbonyl (C=O) groups excluding carboxylic acids is 2. The van der Waals surface area contributed by atoms with E-state index in [1.165, 1.54) is 12.1 Å². The number of amides is 2. The molecule has 9 heteroatoms. The maximum absolute atomic E-state index is 13.2. The first-order valence-electron chi connectivity index (χ1n) is 14.0. The van der Waals surface area contributed by atoms with Crippen molar-refractivity contribution in [3.63, 3.8) is 0 Å². The molecule has 0 radical (unpaired) electrons. The zero-order valence-electron chi connectivity index (χ0n) is 25.0. The van der Waals surface area contributed by atoms with Gasteiger partial charge < -0.3 is 10.6 Å². The van der Waals surface area contributed by atoms with E-state index in [1.54, 1.807) is 0 Å². The minimum Gasteiger partial charge on any atom is -0.376 e. The van der Waals surface area contributed by atoms with E-state index in [0.29, 0.717) is 25.7 Å². The van der Waals surface area contributed by atoms with Gasteiger partial charge in [0.2, 0.25) is 11.8 Å². The van der Waals surface area contributed by atoms with Crippen molar-refractivity contribution in [3.05, 3.63) is 108 Å². The van der Waals surface area contributed by atoms with Crippen molar-refractivity contribution in [2.75, 3.05) is 10.6 Å². The maximum atomic E-state index is 13.2. The van der Waals surface area contributed by atoms with Gasteiger partial charge in [0.1, 0.15) is 0 Å². The van der Waals surface area contributed by atoms with Crippen molar-refractivity contribution < 1.29 is 48.9 Å². The van der Waals surface area contributed by atoms with Crippen LogP contribution in [0.4, 0.5) is 28.9 Å². The van der Waals surface area contributed by atoms with Gasteiger partial charge in [-0.25, -0.2) is 41.9 Å². The first-order valence-corrected chi connectivity index (χ1v) is 14.0. The van der Waals surface area contributed by atoms with Crippen molar-refractivity contribution >= 4 is 23.2 Å². The number of rotatable bonds is 8. The minimum absolute atomic E-state index is 0. The van der Waals surface area contributed by atoms with E-state index >= 15 is 0 Å². The average Bonchev–Trinajstić information content (AvgIpc) is 3.74. The van der Waals surface area contributed by atoms with Gasteiger partial charge in [-0.15, -0.1) is 49.2 Å². The normalized spacial score (nSPS) is 12.0. The Morgan fingerprint density at radius 3 is 1.23 bits per heavy atom. The molecule has 0 saturated heterocycles. The van der Waals surface area contributed by atoms with E-state index in [-0.39, 0.29) is 56.7 Å². The van der Waals surface area contributed by atoms with Gasteiger partial charge in [0.25, 0.3) is 0 Å². The molecule has 0 bridgehead atoms. The van der Waals surface area contributed by atoms with Crippen LogP contribution >= 0.6 is 0 Å². The predicted octanol–water partition coefficient (Wildman–Crippen LogP) is 8.89. The van der Waals surface area contributed by atoms with Gasteiger partial charge in [-0.3, -0.25) is 21.7 Å². The third-order valence-corrected chi connectivity index (χ3v) is 6.12. The average molecular weight is 631 g/mol. The Morgan fingerprint density at radius 2 is 1.02 bits per heavy atom.